The highest BCUT2D eigenvalue weighted by molar-refractivity contribution is 5.98. The van der Waals surface area contributed by atoms with E-state index in [4.69, 9.17) is 4.74 Å². The highest BCUT2D eigenvalue weighted by Crippen LogP contribution is 2.42. The summed E-state index contributed by atoms with van der Waals surface area (Å²) in [6.45, 7) is 14.2. The zero-order valence-corrected chi connectivity index (χ0v) is 21.2. The van der Waals surface area contributed by atoms with Crippen LogP contribution < -0.4 is 5.32 Å². The van der Waals surface area contributed by atoms with Crippen molar-refractivity contribution in [3.8, 4) is 0 Å². The molecule has 1 aromatic heterocycles. The predicted molar refractivity (Wildman–Crippen MR) is 134 cm³/mol. The first-order valence-corrected chi connectivity index (χ1v) is 11.4. The van der Waals surface area contributed by atoms with E-state index in [0.29, 0.717) is 12.4 Å². The lowest BCUT2D eigenvalue weighted by Gasteiger charge is -2.36. The number of nitrogens with one attached hydrogen (secondary N) is 1. The Balaban J connectivity index is 2.14. The number of fused-ring (bicyclic) bond motifs is 1. The van der Waals surface area contributed by atoms with Gasteiger partial charge in [-0.25, -0.2) is 4.98 Å². The molecule has 0 fully saturated rings. The lowest BCUT2D eigenvalue weighted by Crippen LogP contribution is -2.40. The van der Waals surface area contributed by atoms with E-state index < -0.39 is 5.41 Å². The van der Waals surface area contributed by atoms with Gasteiger partial charge in [0, 0.05) is 19.3 Å². The lowest BCUT2D eigenvalue weighted by atomic mass is 9.73. The van der Waals surface area contributed by atoms with Crippen LogP contribution in [-0.4, -0.2) is 35.3 Å². The first-order chi connectivity index (χ1) is 15.5. The Bertz CT molecular complexity index is 1010. The lowest BCUT2D eigenvalue weighted by molar-refractivity contribution is -0.125. The van der Waals surface area contributed by atoms with Gasteiger partial charge in [-0.1, -0.05) is 33.8 Å². The molecule has 178 valence electrons. The summed E-state index contributed by atoms with van der Waals surface area (Å²) in [5.74, 6) is 1.97. The number of amides is 2. The van der Waals surface area contributed by atoms with E-state index in [0.717, 1.165) is 34.6 Å². The van der Waals surface area contributed by atoms with Gasteiger partial charge in [-0.05, 0) is 74.1 Å². The Hall–Kier alpha value is -3.15. The van der Waals surface area contributed by atoms with E-state index in [2.05, 4.69) is 17.2 Å². The van der Waals surface area contributed by atoms with Gasteiger partial charge in [0.25, 0.3) is 0 Å². The van der Waals surface area contributed by atoms with Gasteiger partial charge < -0.3 is 15.0 Å². The number of nitrogens with zero attached hydrogens (tertiary/aromatic N) is 2. The van der Waals surface area contributed by atoms with E-state index in [1.54, 1.807) is 24.2 Å². The summed E-state index contributed by atoms with van der Waals surface area (Å²) in [6, 6.07) is 1.99. The molecule has 0 radical (unpaired) electrons. The summed E-state index contributed by atoms with van der Waals surface area (Å²) in [7, 11) is 1.75. The minimum absolute atomic E-state index is 0.0143. The van der Waals surface area contributed by atoms with Crippen LogP contribution in [0.3, 0.4) is 0 Å². The second-order valence-corrected chi connectivity index (χ2v) is 9.17. The molecule has 2 amide bonds. The van der Waals surface area contributed by atoms with Crippen LogP contribution >= 0.6 is 0 Å². The van der Waals surface area contributed by atoms with E-state index in [-0.39, 0.29) is 17.7 Å². The Morgan fingerprint density at radius 3 is 2.61 bits per heavy atom. The molecule has 0 saturated carbocycles. The van der Waals surface area contributed by atoms with Crippen LogP contribution in [0, 0.1) is 5.41 Å². The molecule has 0 aromatic carbocycles. The SMILES string of the molecule is C/C=C\C(=C/CC)OC(CN(C)C(=O)/C=C/c1cnc2c(c1)C(C)C(C)(C)C(=O)N2)=C(C)C. The number of likely N-dealkylation sites (N-methyl/N-ethyl adjacent to an activating group) is 1. The smallest absolute Gasteiger partial charge is 0.246 e. The third-order valence-corrected chi connectivity index (χ3v) is 6.01. The summed E-state index contributed by atoms with van der Waals surface area (Å²) in [5, 5.41) is 2.88. The van der Waals surface area contributed by atoms with Crippen LogP contribution in [0.15, 0.2) is 53.7 Å². The second kappa shape index (κ2) is 11.1. The van der Waals surface area contributed by atoms with Crippen LogP contribution in [0.25, 0.3) is 6.08 Å². The number of ether oxygens (including phenoxy) is 1. The van der Waals surface area contributed by atoms with Crippen molar-refractivity contribution >= 4 is 23.7 Å². The summed E-state index contributed by atoms with van der Waals surface area (Å²) >= 11 is 0. The number of anilines is 1. The second-order valence-electron chi connectivity index (χ2n) is 9.17. The topological polar surface area (TPSA) is 71.5 Å². The molecule has 0 saturated heterocycles. The molecular weight excluding hydrogens is 414 g/mol. The van der Waals surface area contributed by atoms with Crippen molar-refractivity contribution in [2.75, 3.05) is 18.9 Å². The highest BCUT2D eigenvalue weighted by atomic mass is 16.5. The molecule has 1 aliphatic heterocycles. The number of aromatic nitrogens is 1. The average molecular weight is 452 g/mol. The van der Waals surface area contributed by atoms with Gasteiger partial charge in [-0.3, -0.25) is 9.59 Å². The zero-order valence-electron chi connectivity index (χ0n) is 21.2. The molecule has 1 aromatic rings. The summed E-state index contributed by atoms with van der Waals surface area (Å²) < 4.78 is 6.07. The van der Waals surface area contributed by atoms with E-state index in [9.17, 15) is 9.59 Å². The number of allylic oxidation sites excluding steroid dienone is 4. The minimum Gasteiger partial charge on any atom is -0.460 e. The molecule has 0 spiro atoms. The molecule has 1 aliphatic rings. The predicted octanol–water partition coefficient (Wildman–Crippen LogP) is 5.82. The van der Waals surface area contributed by atoms with Crippen molar-refractivity contribution in [3.63, 3.8) is 0 Å². The minimum atomic E-state index is -0.522. The van der Waals surface area contributed by atoms with Crippen LogP contribution in [0.5, 0.6) is 0 Å². The van der Waals surface area contributed by atoms with Gasteiger partial charge in [0.15, 0.2) is 0 Å². The summed E-state index contributed by atoms with van der Waals surface area (Å²) in [5.41, 5.74) is 2.28. The van der Waals surface area contributed by atoms with Crippen molar-refractivity contribution in [1.82, 2.24) is 9.88 Å². The maximum Gasteiger partial charge on any atom is 0.246 e. The third-order valence-electron chi connectivity index (χ3n) is 6.01. The molecule has 6 nitrogen and oxygen atoms in total. The number of pyridine rings is 1. The molecule has 2 heterocycles. The molecule has 2 rings (SSSR count). The summed E-state index contributed by atoms with van der Waals surface area (Å²) in [6.07, 6.45) is 11.7. The van der Waals surface area contributed by atoms with E-state index >= 15 is 0 Å². The van der Waals surface area contributed by atoms with Gasteiger partial charge in [0.2, 0.25) is 11.8 Å². The largest absolute Gasteiger partial charge is 0.460 e. The number of hydrogen-bond acceptors (Lipinski definition) is 4. The van der Waals surface area contributed by atoms with E-state index in [1.807, 2.05) is 65.8 Å². The maximum absolute atomic E-state index is 12.8. The summed E-state index contributed by atoms with van der Waals surface area (Å²) in [4.78, 5) is 31.1. The monoisotopic (exact) mass is 451 g/mol. The molecule has 1 atom stereocenters. The standard InChI is InChI=1S/C27H37N3O3/c1-9-11-21(12-10-2)33-23(18(3)4)17-30(8)24(31)14-13-20-15-22-19(5)27(6,7)26(32)29-25(22)28-16-20/h9,11-16,19H,10,17H2,1-8H3,(H,28,29,32)/b11-9-,14-13+,21-12+. The molecule has 33 heavy (non-hydrogen) atoms. The van der Waals surface area contributed by atoms with Crippen molar-refractivity contribution in [2.45, 2.75) is 60.8 Å². The normalized spacial score (nSPS) is 17.6. The average Bonchev–Trinajstić information content (AvgIpc) is 2.76. The number of rotatable bonds is 8. The highest BCUT2D eigenvalue weighted by Gasteiger charge is 2.40. The van der Waals surface area contributed by atoms with Crippen molar-refractivity contribution in [1.29, 1.82) is 0 Å². The van der Waals surface area contributed by atoms with E-state index in [1.165, 1.54) is 6.08 Å². The Morgan fingerprint density at radius 1 is 1.30 bits per heavy atom. The van der Waals surface area contributed by atoms with Crippen molar-refractivity contribution < 1.29 is 14.3 Å². The van der Waals surface area contributed by atoms with Gasteiger partial charge in [0.05, 0.1) is 12.0 Å². The van der Waals surface area contributed by atoms with Gasteiger partial charge in [-0.15, -0.1) is 0 Å². The fourth-order valence-corrected chi connectivity index (χ4v) is 3.41. The first kappa shape index (κ1) is 26.1. The molecule has 1 unspecified atom stereocenters. The molecular formula is C27H37N3O3. The zero-order chi connectivity index (χ0) is 24.8. The Morgan fingerprint density at radius 2 is 2.00 bits per heavy atom. The van der Waals surface area contributed by atoms with Gasteiger partial charge >= 0.3 is 0 Å². The number of carbonyl (C=O) groups is 2. The number of carbonyl (C=O) groups excluding carboxylic acids is 2. The third kappa shape index (κ3) is 6.44. The van der Waals surface area contributed by atoms with Crippen LogP contribution in [0.4, 0.5) is 5.82 Å². The Kier molecular flexibility index (Phi) is 8.80. The van der Waals surface area contributed by atoms with Crippen LogP contribution in [0.2, 0.25) is 0 Å². The fourth-order valence-electron chi connectivity index (χ4n) is 3.41. The molecule has 6 heteroatoms. The molecule has 1 N–H and O–H groups in total. The first-order valence-electron chi connectivity index (χ1n) is 11.4. The van der Waals surface area contributed by atoms with Crippen LogP contribution in [0.1, 0.15) is 71.9 Å². The van der Waals surface area contributed by atoms with Crippen LogP contribution in [-0.2, 0) is 14.3 Å². The van der Waals surface area contributed by atoms with Crippen molar-refractivity contribution in [3.05, 3.63) is 64.8 Å². The fraction of sp³-hybridized carbons (Fsp3) is 0.444. The quantitative estimate of drug-likeness (QED) is 0.307. The Labute approximate surface area is 198 Å². The van der Waals surface area contributed by atoms with Gasteiger partial charge in [0.1, 0.15) is 17.3 Å². The van der Waals surface area contributed by atoms with Crippen molar-refractivity contribution in [2.24, 2.45) is 5.41 Å². The molecule has 0 aliphatic carbocycles. The van der Waals surface area contributed by atoms with Gasteiger partial charge in [-0.2, -0.15) is 0 Å². The maximum atomic E-state index is 12.8. The number of hydrogen-bond donors (Lipinski definition) is 1. The molecule has 0 bridgehead atoms.